The summed E-state index contributed by atoms with van der Waals surface area (Å²) in [7, 11) is 3.30. The monoisotopic (exact) mass is 947 g/mol. The van der Waals surface area contributed by atoms with Crippen LogP contribution >= 0.6 is 0 Å². The number of allylic oxidation sites excluding steroid dienone is 8. The minimum atomic E-state index is -4.46. The van der Waals surface area contributed by atoms with Crippen molar-refractivity contribution in [2.45, 2.75) is 113 Å². The molecular formula is C49H67N6O9S2+. The van der Waals surface area contributed by atoms with Gasteiger partial charge in [-0.25, -0.2) is 22.1 Å². The van der Waals surface area contributed by atoms with Crippen molar-refractivity contribution >= 4 is 55.0 Å². The Kier molecular flexibility index (Phi) is 15.1. The Labute approximate surface area is 391 Å². The molecule has 0 bridgehead atoms. The van der Waals surface area contributed by atoms with Gasteiger partial charge in [0, 0.05) is 105 Å². The van der Waals surface area contributed by atoms with E-state index in [9.17, 15) is 35.8 Å². The molecule has 17 heteroatoms. The van der Waals surface area contributed by atoms with Crippen LogP contribution in [0.3, 0.4) is 0 Å². The lowest BCUT2D eigenvalue weighted by Gasteiger charge is -2.27. The molecule has 3 heterocycles. The van der Waals surface area contributed by atoms with Gasteiger partial charge < -0.3 is 19.5 Å². The number of nitrogens with zero attached hydrogens (tertiary/aromatic N) is 6. The van der Waals surface area contributed by atoms with Crippen LogP contribution in [-0.4, -0.2) is 126 Å². The SMILES string of the molecule is CN(C)CCC[N+](C)=C1/C(=C\C=C2/N(CCCCCC(=O)ON3C(=O)CCC3=O)c3ccc(S(=O)(=O)O)cc3C2(C)C)CCC/C1=C\C=C1/N(C)c2ccc(S(=O)(=O)N(C)C)cc2C1(C)C. The molecular weight excluding hydrogens is 881 g/mol. The summed E-state index contributed by atoms with van der Waals surface area (Å²) < 4.78 is 64.6. The van der Waals surface area contributed by atoms with Crippen molar-refractivity contribution in [3.8, 4) is 0 Å². The molecule has 2 aromatic carbocycles. The first kappa shape index (κ1) is 50.5. The summed E-state index contributed by atoms with van der Waals surface area (Å²) in [6.07, 6.45) is 14.2. The summed E-state index contributed by atoms with van der Waals surface area (Å²) in [4.78, 5) is 48.0. The quantitative estimate of drug-likeness (QED) is 0.0819. The first-order valence-corrected chi connectivity index (χ1v) is 25.6. The van der Waals surface area contributed by atoms with E-state index >= 15 is 0 Å². The third-order valence-electron chi connectivity index (χ3n) is 13.3. The van der Waals surface area contributed by atoms with Gasteiger partial charge in [-0.05, 0) is 106 Å². The maximum absolute atomic E-state index is 13.1. The number of sulfonamides is 1. The minimum absolute atomic E-state index is 0.0316. The number of benzene rings is 2. The number of rotatable bonds is 16. The van der Waals surface area contributed by atoms with Gasteiger partial charge in [0.25, 0.3) is 21.9 Å². The molecule has 1 saturated carbocycles. The van der Waals surface area contributed by atoms with Gasteiger partial charge in [0.2, 0.25) is 15.7 Å². The van der Waals surface area contributed by atoms with Gasteiger partial charge in [0.1, 0.15) is 13.6 Å². The molecule has 0 atom stereocenters. The van der Waals surface area contributed by atoms with Crippen LogP contribution in [-0.2, 0) is 50.2 Å². The number of carbonyl (C=O) groups excluding carboxylic acids is 3. The molecule has 358 valence electrons. The fraction of sp³-hybridized carbons (Fsp3) is 0.510. The predicted molar refractivity (Wildman–Crippen MR) is 256 cm³/mol. The van der Waals surface area contributed by atoms with E-state index in [0.717, 1.165) is 78.4 Å². The first-order chi connectivity index (χ1) is 30.9. The number of imide groups is 1. The molecule has 66 heavy (non-hydrogen) atoms. The Morgan fingerprint density at radius 2 is 1.33 bits per heavy atom. The first-order valence-electron chi connectivity index (χ1n) is 22.7. The topological polar surface area (TPSA) is 168 Å². The normalized spacial score (nSPS) is 21.6. The fourth-order valence-corrected chi connectivity index (χ4v) is 11.0. The standard InChI is InChI=1S/C49H66N6O9S2/c1-48(2)38-32-36(65(59,60)51(7)8)21-23-40(38)53(10)42(48)25-19-34-16-14-17-35(47(34)52(9)30-15-29-50(5)6)20-26-43-49(3,4)39-33-37(66(61,62)63)22-24-41(39)54(43)31-13-11-12-18-46(58)64-55-44(56)27-28-45(55)57/h19-26,32-33H,11-18,27-31H2,1-10H3/p+1. The fourth-order valence-electron chi connectivity index (χ4n) is 9.59. The van der Waals surface area contributed by atoms with Crippen molar-refractivity contribution in [3.05, 3.63) is 94.4 Å². The molecule has 1 N–H and O–H groups in total. The van der Waals surface area contributed by atoms with E-state index in [1.807, 2.05) is 27.0 Å². The van der Waals surface area contributed by atoms with Crippen LogP contribution in [0.2, 0.25) is 0 Å². The molecule has 4 aliphatic rings. The van der Waals surface area contributed by atoms with E-state index < -0.39 is 48.8 Å². The summed E-state index contributed by atoms with van der Waals surface area (Å²) >= 11 is 0. The van der Waals surface area contributed by atoms with Gasteiger partial charge in [0.15, 0.2) is 0 Å². The van der Waals surface area contributed by atoms with Crippen molar-refractivity contribution in [2.24, 2.45) is 0 Å². The molecule has 0 aromatic heterocycles. The van der Waals surface area contributed by atoms with Crippen molar-refractivity contribution in [3.63, 3.8) is 0 Å². The highest BCUT2D eigenvalue weighted by Crippen LogP contribution is 2.50. The number of anilines is 2. The molecule has 3 aliphatic heterocycles. The van der Waals surface area contributed by atoms with Gasteiger partial charge >= 0.3 is 5.97 Å². The zero-order chi connectivity index (χ0) is 48.5. The molecule has 2 amide bonds. The summed E-state index contributed by atoms with van der Waals surface area (Å²) in [5.74, 6) is -1.67. The van der Waals surface area contributed by atoms with Crippen LogP contribution in [0.5, 0.6) is 0 Å². The number of fused-ring (bicyclic) bond motifs is 2. The Morgan fingerprint density at radius 3 is 1.94 bits per heavy atom. The molecule has 15 nitrogen and oxygen atoms in total. The predicted octanol–water partition coefficient (Wildman–Crippen LogP) is 6.72. The Bertz CT molecular complexity index is 2640. The van der Waals surface area contributed by atoms with Crippen molar-refractivity contribution in [1.82, 2.24) is 14.3 Å². The van der Waals surface area contributed by atoms with Crippen LogP contribution in [0.1, 0.15) is 103 Å². The average molecular weight is 948 g/mol. The number of amides is 2. The second-order valence-corrected chi connectivity index (χ2v) is 22.8. The van der Waals surface area contributed by atoms with E-state index in [1.54, 1.807) is 38.4 Å². The lowest BCUT2D eigenvalue weighted by atomic mass is 9.82. The lowest BCUT2D eigenvalue weighted by Crippen LogP contribution is -2.32. The van der Waals surface area contributed by atoms with E-state index in [-0.39, 0.29) is 29.1 Å². The number of carbonyl (C=O) groups is 3. The molecule has 2 fully saturated rings. The lowest BCUT2D eigenvalue weighted by molar-refractivity contribution is -0.497. The molecule has 0 spiro atoms. The van der Waals surface area contributed by atoms with E-state index in [0.29, 0.717) is 30.9 Å². The number of unbranched alkanes of at least 4 members (excludes halogenated alkanes) is 2. The second kappa shape index (κ2) is 19.7. The molecule has 1 aliphatic carbocycles. The molecule has 1 saturated heterocycles. The highest BCUT2D eigenvalue weighted by Gasteiger charge is 2.42. The maximum Gasteiger partial charge on any atom is 0.333 e. The van der Waals surface area contributed by atoms with Gasteiger partial charge in [0.05, 0.1) is 9.79 Å². The summed E-state index contributed by atoms with van der Waals surface area (Å²) in [5, 5.41) is 0.568. The summed E-state index contributed by atoms with van der Waals surface area (Å²) in [6.45, 7) is 10.7. The van der Waals surface area contributed by atoms with Gasteiger partial charge in [-0.2, -0.15) is 8.42 Å². The number of hydroxylamine groups is 2. The molecule has 0 radical (unpaired) electrons. The third kappa shape index (κ3) is 10.4. The largest absolute Gasteiger partial charge is 0.347 e. The third-order valence-corrected chi connectivity index (χ3v) is 15.9. The van der Waals surface area contributed by atoms with Crippen molar-refractivity contribution < 1.29 is 45.2 Å². The smallest absolute Gasteiger partial charge is 0.333 e. The van der Waals surface area contributed by atoms with E-state index in [1.165, 1.54) is 21.5 Å². The van der Waals surface area contributed by atoms with Crippen LogP contribution in [0.4, 0.5) is 11.4 Å². The van der Waals surface area contributed by atoms with Crippen LogP contribution < -0.4 is 9.80 Å². The number of likely N-dealkylation sites (N-methyl/N-ethyl adjacent to an activating group) is 1. The van der Waals surface area contributed by atoms with E-state index in [2.05, 4.69) is 78.6 Å². The number of hydrogen-bond donors (Lipinski definition) is 1. The maximum atomic E-state index is 13.1. The van der Waals surface area contributed by atoms with E-state index in [4.69, 9.17) is 4.84 Å². The van der Waals surface area contributed by atoms with Crippen LogP contribution in [0.25, 0.3) is 0 Å². The Hall–Kier alpha value is -4.94. The zero-order valence-corrected chi connectivity index (χ0v) is 41.8. The molecule has 2 aromatic rings. The van der Waals surface area contributed by atoms with Gasteiger partial charge in [-0.15, -0.1) is 5.06 Å². The molecule has 6 rings (SSSR count). The second-order valence-electron chi connectivity index (χ2n) is 19.2. The highest BCUT2D eigenvalue weighted by molar-refractivity contribution is 7.89. The Morgan fingerprint density at radius 1 is 0.773 bits per heavy atom. The van der Waals surface area contributed by atoms with Crippen LogP contribution in [0, 0.1) is 0 Å². The summed E-state index contributed by atoms with van der Waals surface area (Å²) in [5.41, 5.74) is 7.91. The summed E-state index contributed by atoms with van der Waals surface area (Å²) in [6, 6.07) is 10.1. The highest BCUT2D eigenvalue weighted by atomic mass is 32.2. The van der Waals surface area contributed by atoms with Gasteiger partial charge in [-0.3, -0.25) is 14.1 Å². The molecule has 0 unspecified atom stereocenters. The average Bonchev–Trinajstić information content (AvgIpc) is 3.74. The minimum Gasteiger partial charge on any atom is -0.347 e. The van der Waals surface area contributed by atoms with Crippen LogP contribution in [0.15, 0.2) is 93.0 Å². The van der Waals surface area contributed by atoms with Gasteiger partial charge in [-0.1, -0.05) is 46.3 Å². The van der Waals surface area contributed by atoms with Crippen molar-refractivity contribution in [1.29, 1.82) is 0 Å². The zero-order valence-electron chi connectivity index (χ0n) is 40.2. The Balaban J connectivity index is 1.33. The van der Waals surface area contributed by atoms with Crippen molar-refractivity contribution in [2.75, 3.05) is 71.7 Å². The number of hydrogen-bond acceptors (Lipinski definition) is 11.